The molecular formula is C22H25N3OS. The van der Waals surface area contributed by atoms with E-state index in [4.69, 9.17) is 0 Å². The van der Waals surface area contributed by atoms with E-state index in [9.17, 15) is 4.79 Å². The molecule has 5 heteroatoms. The molecule has 3 aromatic rings. The minimum absolute atomic E-state index is 0.122. The van der Waals surface area contributed by atoms with E-state index < -0.39 is 0 Å². The summed E-state index contributed by atoms with van der Waals surface area (Å²) in [6.45, 7) is 2.23. The average molecular weight is 380 g/mol. The minimum Gasteiger partial charge on any atom is -0.321 e. The van der Waals surface area contributed by atoms with Gasteiger partial charge in [0.25, 0.3) is 5.91 Å². The van der Waals surface area contributed by atoms with Crippen molar-refractivity contribution in [1.29, 1.82) is 0 Å². The van der Waals surface area contributed by atoms with Crippen LogP contribution in [-0.2, 0) is 6.42 Å². The molecule has 1 aromatic heterocycles. The average Bonchev–Trinajstić information content (AvgIpc) is 3.17. The van der Waals surface area contributed by atoms with E-state index >= 15 is 0 Å². The smallest absolute Gasteiger partial charge is 0.255 e. The van der Waals surface area contributed by atoms with Crippen molar-refractivity contribution in [2.45, 2.75) is 45.4 Å². The van der Waals surface area contributed by atoms with Gasteiger partial charge in [-0.1, -0.05) is 74.3 Å². The maximum atomic E-state index is 12.5. The Balaban J connectivity index is 1.68. The van der Waals surface area contributed by atoms with Crippen molar-refractivity contribution in [2.24, 2.45) is 0 Å². The number of aryl methyl sites for hydroxylation is 1. The lowest BCUT2D eigenvalue weighted by Crippen LogP contribution is -2.12. The zero-order chi connectivity index (χ0) is 18.9. The molecule has 0 aliphatic carbocycles. The second-order valence-electron chi connectivity index (χ2n) is 6.53. The number of nitrogens with zero attached hydrogens (tertiary/aromatic N) is 2. The Labute approximate surface area is 164 Å². The molecule has 0 unspecified atom stereocenters. The topological polar surface area (TPSA) is 54.9 Å². The van der Waals surface area contributed by atoms with Crippen molar-refractivity contribution in [3.05, 3.63) is 65.2 Å². The summed E-state index contributed by atoms with van der Waals surface area (Å²) in [7, 11) is 0. The van der Waals surface area contributed by atoms with Crippen LogP contribution in [0.25, 0.3) is 10.6 Å². The fourth-order valence-electron chi connectivity index (χ4n) is 2.91. The molecule has 4 nitrogen and oxygen atoms in total. The Hall–Kier alpha value is -2.53. The second-order valence-corrected chi connectivity index (χ2v) is 7.59. The first-order valence-corrected chi connectivity index (χ1v) is 10.4. The molecule has 0 aliphatic heterocycles. The van der Waals surface area contributed by atoms with E-state index in [1.165, 1.54) is 25.7 Å². The van der Waals surface area contributed by atoms with Gasteiger partial charge in [0, 0.05) is 17.5 Å². The number of unbranched alkanes of at least 4 members (excludes halogenated alkanes) is 4. The molecule has 27 heavy (non-hydrogen) atoms. The van der Waals surface area contributed by atoms with Crippen molar-refractivity contribution in [2.75, 3.05) is 5.32 Å². The van der Waals surface area contributed by atoms with Crippen LogP contribution in [0.5, 0.6) is 0 Å². The number of amides is 1. The molecule has 0 atom stereocenters. The first-order chi connectivity index (χ1) is 13.3. The number of rotatable bonds is 9. The zero-order valence-electron chi connectivity index (χ0n) is 15.6. The van der Waals surface area contributed by atoms with E-state index in [0.717, 1.165) is 34.1 Å². The van der Waals surface area contributed by atoms with Crippen LogP contribution >= 0.6 is 11.3 Å². The van der Waals surface area contributed by atoms with Gasteiger partial charge in [0.2, 0.25) is 0 Å². The summed E-state index contributed by atoms with van der Waals surface area (Å²) < 4.78 is 0. The van der Waals surface area contributed by atoms with Crippen LogP contribution in [0.2, 0.25) is 0 Å². The third-order valence-electron chi connectivity index (χ3n) is 4.40. The molecule has 2 aromatic carbocycles. The molecule has 0 fully saturated rings. The Kier molecular flexibility index (Phi) is 7.11. The maximum Gasteiger partial charge on any atom is 0.255 e. The Bertz CT molecular complexity index is 861. The van der Waals surface area contributed by atoms with Crippen LogP contribution in [0.1, 0.15) is 54.4 Å². The van der Waals surface area contributed by atoms with Gasteiger partial charge in [-0.2, -0.15) is 0 Å². The van der Waals surface area contributed by atoms with E-state index in [2.05, 4.69) is 22.4 Å². The Morgan fingerprint density at radius 1 is 0.926 bits per heavy atom. The van der Waals surface area contributed by atoms with E-state index in [1.807, 2.05) is 42.5 Å². The van der Waals surface area contributed by atoms with Crippen molar-refractivity contribution in [1.82, 2.24) is 10.2 Å². The Morgan fingerprint density at radius 3 is 2.48 bits per heavy atom. The number of hydrogen-bond acceptors (Lipinski definition) is 4. The zero-order valence-corrected chi connectivity index (χ0v) is 16.5. The molecule has 0 saturated heterocycles. The van der Waals surface area contributed by atoms with Crippen LogP contribution in [0.15, 0.2) is 54.6 Å². The molecule has 3 rings (SSSR count). The Morgan fingerprint density at radius 2 is 1.67 bits per heavy atom. The third-order valence-corrected chi connectivity index (χ3v) is 5.42. The highest BCUT2D eigenvalue weighted by Crippen LogP contribution is 2.31. The van der Waals surface area contributed by atoms with E-state index in [-0.39, 0.29) is 5.91 Å². The molecule has 0 aliphatic rings. The van der Waals surface area contributed by atoms with Gasteiger partial charge in [0.1, 0.15) is 10.0 Å². The number of anilines is 1. The molecule has 1 N–H and O–H groups in total. The van der Waals surface area contributed by atoms with Crippen LogP contribution in [-0.4, -0.2) is 16.1 Å². The number of para-hydroxylation sites is 1. The summed E-state index contributed by atoms with van der Waals surface area (Å²) >= 11 is 1.61. The SMILES string of the molecule is CCCCCCCc1nnc(-c2ccccc2NC(=O)c2ccccc2)s1. The molecule has 0 radical (unpaired) electrons. The van der Waals surface area contributed by atoms with Crippen LogP contribution in [0, 0.1) is 0 Å². The lowest BCUT2D eigenvalue weighted by Gasteiger charge is -2.09. The monoisotopic (exact) mass is 379 g/mol. The third kappa shape index (κ3) is 5.47. The molecule has 1 amide bonds. The number of nitrogens with one attached hydrogen (secondary N) is 1. The molecule has 0 bridgehead atoms. The number of carbonyl (C=O) groups is 1. The molecule has 0 saturated carbocycles. The number of benzene rings is 2. The summed E-state index contributed by atoms with van der Waals surface area (Å²) in [5, 5.41) is 13.6. The normalized spacial score (nSPS) is 10.7. The van der Waals surface area contributed by atoms with E-state index in [1.54, 1.807) is 23.5 Å². The van der Waals surface area contributed by atoms with Gasteiger partial charge in [-0.15, -0.1) is 10.2 Å². The maximum absolute atomic E-state index is 12.5. The highest BCUT2D eigenvalue weighted by atomic mass is 32.1. The lowest BCUT2D eigenvalue weighted by molar-refractivity contribution is 0.102. The van der Waals surface area contributed by atoms with Gasteiger partial charge in [-0.05, 0) is 30.7 Å². The predicted octanol–water partition coefficient (Wildman–Crippen LogP) is 5.97. The van der Waals surface area contributed by atoms with Gasteiger partial charge in [-0.25, -0.2) is 0 Å². The van der Waals surface area contributed by atoms with Crippen molar-refractivity contribution in [3.63, 3.8) is 0 Å². The van der Waals surface area contributed by atoms with Gasteiger partial charge >= 0.3 is 0 Å². The van der Waals surface area contributed by atoms with Gasteiger partial charge in [0.15, 0.2) is 0 Å². The molecule has 0 spiro atoms. The van der Waals surface area contributed by atoms with Gasteiger partial charge in [0.05, 0.1) is 5.69 Å². The van der Waals surface area contributed by atoms with Gasteiger partial charge in [-0.3, -0.25) is 4.79 Å². The van der Waals surface area contributed by atoms with Crippen molar-refractivity contribution < 1.29 is 4.79 Å². The second kappa shape index (κ2) is 9.97. The molecular weight excluding hydrogens is 354 g/mol. The van der Waals surface area contributed by atoms with E-state index in [0.29, 0.717) is 5.56 Å². The number of hydrogen-bond donors (Lipinski definition) is 1. The summed E-state index contributed by atoms with van der Waals surface area (Å²) in [5.74, 6) is -0.122. The van der Waals surface area contributed by atoms with Gasteiger partial charge < -0.3 is 5.32 Å². The summed E-state index contributed by atoms with van der Waals surface area (Å²) in [5.41, 5.74) is 2.31. The van der Waals surface area contributed by atoms with Crippen LogP contribution in [0.3, 0.4) is 0 Å². The summed E-state index contributed by atoms with van der Waals surface area (Å²) in [4.78, 5) is 12.5. The largest absolute Gasteiger partial charge is 0.321 e. The van der Waals surface area contributed by atoms with Crippen molar-refractivity contribution >= 4 is 22.9 Å². The highest BCUT2D eigenvalue weighted by Gasteiger charge is 2.13. The minimum atomic E-state index is -0.122. The fraction of sp³-hybridized carbons (Fsp3) is 0.318. The first-order valence-electron chi connectivity index (χ1n) is 9.56. The fourth-order valence-corrected chi connectivity index (χ4v) is 3.83. The first kappa shape index (κ1) is 19.2. The summed E-state index contributed by atoms with van der Waals surface area (Å²) in [6, 6.07) is 17.0. The lowest BCUT2D eigenvalue weighted by atomic mass is 10.1. The molecule has 140 valence electrons. The molecule has 1 heterocycles. The van der Waals surface area contributed by atoms with Crippen molar-refractivity contribution in [3.8, 4) is 10.6 Å². The standard InChI is InChI=1S/C22H25N3OS/c1-2-3-4-5-9-16-20-24-25-22(27-20)18-14-10-11-15-19(18)23-21(26)17-12-7-6-8-13-17/h6-8,10-15H,2-5,9,16H2,1H3,(H,23,26). The highest BCUT2D eigenvalue weighted by molar-refractivity contribution is 7.14. The quantitative estimate of drug-likeness (QED) is 0.466. The number of carbonyl (C=O) groups excluding carboxylic acids is 1. The predicted molar refractivity (Wildman–Crippen MR) is 112 cm³/mol. The number of aromatic nitrogens is 2. The summed E-state index contributed by atoms with van der Waals surface area (Å²) in [6.07, 6.45) is 7.22. The van der Waals surface area contributed by atoms with Crippen LogP contribution < -0.4 is 5.32 Å². The van der Waals surface area contributed by atoms with Crippen LogP contribution in [0.4, 0.5) is 5.69 Å².